The Morgan fingerprint density at radius 1 is 1.38 bits per heavy atom. The molecule has 7 heteroatoms. The summed E-state index contributed by atoms with van der Waals surface area (Å²) >= 11 is 13.4. The van der Waals surface area contributed by atoms with Gasteiger partial charge in [-0.3, -0.25) is 4.79 Å². The van der Waals surface area contributed by atoms with Gasteiger partial charge in [-0.05, 0) is 38.3 Å². The maximum Gasteiger partial charge on any atom is 0.273 e. The molecule has 1 aromatic heterocycles. The number of halogens is 2. The van der Waals surface area contributed by atoms with Crippen LogP contribution in [0, 0.1) is 0 Å². The van der Waals surface area contributed by atoms with Crippen molar-refractivity contribution in [3.05, 3.63) is 39.3 Å². The van der Waals surface area contributed by atoms with Crippen molar-refractivity contribution in [3.8, 4) is 10.6 Å². The van der Waals surface area contributed by atoms with E-state index in [2.05, 4.69) is 4.98 Å². The summed E-state index contributed by atoms with van der Waals surface area (Å²) in [6.45, 7) is 2.70. The van der Waals surface area contributed by atoms with Gasteiger partial charge < -0.3 is 10.6 Å². The number of carbonyl (C=O) groups is 1. The molecule has 4 nitrogen and oxygen atoms in total. The smallest absolute Gasteiger partial charge is 0.273 e. The van der Waals surface area contributed by atoms with Gasteiger partial charge in [0.2, 0.25) is 0 Å². The van der Waals surface area contributed by atoms with Crippen molar-refractivity contribution in [1.82, 2.24) is 9.88 Å². The van der Waals surface area contributed by atoms with E-state index in [1.807, 2.05) is 17.9 Å². The van der Waals surface area contributed by atoms with Gasteiger partial charge in [0.05, 0.1) is 10.0 Å². The van der Waals surface area contributed by atoms with Crippen LogP contribution in [-0.4, -0.2) is 34.4 Å². The number of aromatic nitrogens is 1. The molecule has 2 heterocycles. The summed E-state index contributed by atoms with van der Waals surface area (Å²) in [5.74, 6) is -0.0421. The summed E-state index contributed by atoms with van der Waals surface area (Å²) in [5.41, 5.74) is 7.39. The number of hydrogen-bond acceptors (Lipinski definition) is 4. The third-order valence-electron chi connectivity index (χ3n) is 4.31. The van der Waals surface area contributed by atoms with Gasteiger partial charge in [0.1, 0.15) is 10.7 Å². The van der Waals surface area contributed by atoms with Crippen LogP contribution in [0.3, 0.4) is 0 Å². The maximum absolute atomic E-state index is 12.8. The third kappa shape index (κ3) is 3.59. The van der Waals surface area contributed by atoms with E-state index < -0.39 is 0 Å². The van der Waals surface area contributed by atoms with Crippen LogP contribution in [0.15, 0.2) is 23.6 Å². The van der Waals surface area contributed by atoms with E-state index in [9.17, 15) is 4.79 Å². The summed E-state index contributed by atoms with van der Waals surface area (Å²) < 4.78 is 0. The number of piperidine rings is 1. The van der Waals surface area contributed by atoms with Crippen LogP contribution in [0.1, 0.15) is 36.7 Å². The van der Waals surface area contributed by atoms with Crippen LogP contribution in [0.25, 0.3) is 10.6 Å². The molecule has 1 aliphatic heterocycles. The highest BCUT2D eigenvalue weighted by molar-refractivity contribution is 7.13. The highest BCUT2D eigenvalue weighted by Crippen LogP contribution is 2.31. The average Bonchev–Trinajstić information content (AvgIpc) is 3.06. The van der Waals surface area contributed by atoms with Crippen molar-refractivity contribution in [3.63, 3.8) is 0 Å². The fourth-order valence-electron chi connectivity index (χ4n) is 3.04. The van der Waals surface area contributed by atoms with Gasteiger partial charge in [-0.25, -0.2) is 4.98 Å². The molecule has 1 aliphatic rings. The molecule has 128 valence electrons. The molecule has 24 heavy (non-hydrogen) atoms. The summed E-state index contributed by atoms with van der Waals surface area (Å²) in [4.78, 5) is 19.2. The topological polar surface area (TPSA) is 59.2 Å². The van der Waals surface area contributed by atoms with Crippen molar-refractivity contribution >= 4 is 40.4 Å². The number of nitrogens with zero attached hydrogens (tertiary/aromatic N) is 2. The predicted octanol–water partition coefficient (Wildman–Crippen LogP) is 4.46. The standard InChI is InChI=1S/C17H19Cl2N3OS/c1-10(20)15-4-2-3-7-22(15)17(23)14-9-24-16(21-14)11-5-6-12(18)13(19)8-11/h5-6,8-10,15H,2-4,7,20H2,1H3. The van der Waals surface area contributed by atoms with Crippen LogP contribution < -0.4 is 5.73 Å². The van der Waals surface area contributed by atoms with Crippen molar-refractivity contribution in [1.29, 1.82) is 0 Å². The minimum Gasteiger partial charge on any atom is -0.333 e. The highest BCUT2D eigenvalue weighted by atomic mass is 35.5. The van der Waals surface area contributed by atoms with Gasteiger partial charge in [0, 0.05) is 29.6 Å². The lowest BCUT2D eigenvalue weighted by atomic mass is 9.96. The van der Waals surface area contributed by atoms with Gasteiger partial charge >= 0.3 is 0 Å². The normalized spacial score (nSPS) is 19.3. The Labute approximate surface area is 155 Å². The molecule has 0 spiro atoms. The molecule has 2 atom stereocenters. The first-order valence-corrected chi connectivity index (χ1v) is 9.58. The molecule has 1 saturated heterocycles. The maximum atomic E-state index is 12.8. The number of carbonyl (C=O) groups excluding carboxylic acids is 1. The van der Waals surface area contributed by atoms with E-state index in [4.69, 9.17) is 28.9 Å². The monoisotopic (exact) mass is 383 g/mol. The number of thiazole rings is 1. The quantitative estimate of drug-likeness (QED) is 0.850. The fraction of sp³-hybridized carbons (Fsp3) is 0.412. The molecule has 1 fully saturated rings. The summed E-state index contributed by atoms with van der Waals surface area (Å²) in [6, 6.07) is 5.40. The van der Waals surface area contributed by atoms with Crippen LogP contribution in [0.2, 0.25) is 10.0 Å². The van der Waals surface area contributed by atoms with Crippen LogP contribution >= 0.6 is 34.5 Å². The predicted molar refractivity (Wildman–Crippen MR) is 99.9 cm³/mol. The van der Waals surface area contributed by atoms with Gasteiger partial charge in [0.25, 0.3) is 5.91 Å². The lowest BCUT2D eigenvalue weighted by Gasteiger charge is -2.37. The first kappa shape index (κ1) is 17.7. The Kier molecular flexibility index (Phi) is 5.45. The number of benzene rings is 1. The van der Waals surface area contributed by atoms with Crippen molar-refractivity contribution in [2.75, 3.05) is 6.54 Å². The lowest BCUT2D eigenvalue weighted by molar-refractivity contribution is 0.0578. The molecule has 1 amide bonds. The lowest BCUT2D eigenvalue weighted by Crippen LogP contribution is -2.51. The van der Waals surface area contributed by atoms with Crippen LogP contribution in [-0.2, 0) is 0 Å². The Morgan fingerprint density at radius 3 is 2.88 bits per heavy atom. The number of likely N-dealkylation sites (tertiary alicyclic amines) is 1. The zero-order valence-corrected chi connectivity index (χ0v) is 15.7. The van der Waals surface area contributed by atoms with Crippen molar-refractivity contribution in [2.24, 2.45) is 5.73 Å². The van der Waals surface area contributed by atoms with Crippen molar-refractivity contribution < 1.29 is 4.79 Å². The highest BCUT2D eigenvalue weighted by Gasteiger charge is 2.31. The molecule has 2 unspecified atom stereocenters. The van der Waals surface area contributed by atoms with E-state index in [-0.39, 0.29) is 18.0 Å². The second kappa shape index (κ2) is 7.40. The summed E-state index contributed by atoms with van der Waals surface area (Å²) in [7, 11) is 0. The zero-order valence-electron chi connectivity index (χ0n) is 13.3. The Morgan fingerprint density at radius 2 is 2.17 bits per heavy atom. The minimum atomic E-state index is -0.0421. The summed E-state index contributed by atoms with van der Waals surface area (Å²) in [6.07, 6.45) is 3.08. The second-order valence-electron chi connectivity index (χ2n) is 6.09. The molecule has 0 radical (unpaired) electrons. The van der Waals surface area contributed by atoms with Crippen LogP contribution in [0.4, 0.5) is 0 Å². The van der Waals surface area contributed by atoms with E-state index >= 15 is 0 Å². The molecule has 0 bridgehead atoms. The molecule has 2 N–H and O–H groups in total. The molecular weight excluding hydrogens is 365 g/mol. The number of rotatable bonds is 3. The first-order chi connectivity index (χ1) is 11.5. The fourth-order valence-corrected chi connectivity index (χ4v) is 4.13. The molecule has 0 saturated carbocycles. The minimum absolute atomic E-state index is 0.0394. The molecular formula is C17H19Cl2N3OS. The first-order valence-electron chi connectivity index (χ1n) is 7.95. The zero-order chi connectivity index (χ0) is 17.3. The molecule has 2 aromatic rings. The van der Waals surface area contributed by atoms with E-state index in [1.165, 1.54) is 11.3 Å². The molecule has 3 rings (SSSR count). The van der Waals surface area contributed by atoms with Crippen LogP contribution in [0.5, 0.6) is 0 Å². The van der Waals surface area contributed by atoms with E-state index in [1.54, 1.807) is 17.5 Å². The SMILES string of the molecule is CC(N)C1CCCCN1C(=O)c1csc(-c2ccc(Cl)c(Cl)c2)n1. The number of hydrogen-bond donors (Lipinski definition) is 1. The number of nitrogens with two attached hydrogens (primary N) is 1. The third-order valence-corrected chi connectivity index (χ3v) is 5.94. The summed E-state index contributed by atoms with van der Waals surface area (Å²) in [5, 5.41) is 3.53. The van der Waals surface area contributed by atoms with Gasteiger partial charge in [-0.15, -0.1) is 11.3 Å². The van der Waals surface area contributed by atoms with Gasteiger partial charge in [-0.2, -0.15) is 0 Å². The second-order valence-corrected chi connectivity index (χ2v) is 7.76. The van der Waals surface area contributed by atoms with Gasteiger partial charge in [0.15, 0.2) is 0 Å². The van der Waals surface area contributed by atoms with Gasteiger partial charge in [-0.1, -0.05) is 29.3 Å². The largest absolute Gasteiger partial charge is 0.333 e. The Hall–Kier alpha value is -1.14. The number of amides is 1. The Bertz CT molecular complexity index is 747. The Balaban J connectivity index is 1.84. The van der Waals surface area contributed by atoms with Crippen molar-refractivity contribution in [2.45, 2.75) is 38.3 Å². The molecule has 1 aromatic carbocycles. The average molecular weight is 384 g/mol. The molecule has 0 aliphatic carbocycles. The van der Waals surface area contributed by atoms with E-state index in [0.717, 1.165) is 36.4 Å². The van der Waals surface area contributed by atoms with E-state index in [0.29, 0.717) is 15.7 Å².